The standard InChI is InChI=1S/C22H19ClN2O4S/c1-15(30(27,28)18-6-3-2-4-7-18)22(26)25-20(21-8-5-13-29-21)14-19(24-25)16-9-11-17(23)12-10-16/h2-13,15,20H,14H2,1H3. The summed E-state index contributed by atoms with van der Waals surface area (Å²) >= 11 is 5.97. The van der Waals surface area contributed by atoms with E-state index in [2.05, 4.69) is 5.10 Å². The maximum absolute atomic E-state index is 13.3. The number of carbonyl (C=O) groups is 1. The first-order valence-corrected chi connectivity index (χ1v) is 11.3. The first-order valence-electron chi connectivity index (χ1n) is 9.37. The zero-order chi connectivity index (χ0) is 21.3. The lowest BCUT2D eigenvalue weighted by atomic mass is 10.0. The fraction of sp³-hybridized carbons (Fsp3) is 0.182. The average Bonchev–Trinajstić information content (AvgIpc) is 3.44. The number of amides is 1. The second-order valence-electron chi connectivity index (χ2n) is 6.97. The van der Waals surface area contributed by atoms with E-state index < -0.39 is 27.0 Å². The summed E-state index contributed by atoms with van der Waals surface area (Å²) in [5.41, 5.74) is 1.47. The predicted octanol–water partition coefficient (Wildman–Crippen LogP) is 4.47. The summed E-state index contributed by atoms with van der Waals surface area (Å²) in [6, 6.07) is 18.0. The van der Waals surface area contributed by atoms with Crippen molar-refractivity contribution in [3.05, 3.63) is 89.3 Å². The molecule has 0 N–H and O–H groups in total. The van der Waals surface area contributed by atoms with Crippen molar-refractivity contribution in [2.24, 2.45) is 5.10 Å². The van der Waals surface area contributed by atoms with E-state index >= 15 is 0 Å². The minimum absolute atomic E-state index is 0.0986. The Morgan fingerprint density at radius 1 is 1.10 bits per heavy atom. The summed E-state index contributed by atoms with van der Waals surface area (Å²) in [4.78, 5) is 13.4. The molecule has 1 amide bonds. The minimum Gasteiger partial charge on any atom is -0.467 e. The third-order valence-electron chi connectivity index (χ3n) is 5.07. The number of carbonyl (C=O) groups excluding carboxylic acids is 1. The van der Waals surface area contributed by atoms with Crippen molar-refractivity contribution in [2.45, 2.75) is 29.5 Å². The first-order chi connectivity index (χ1) is 14.4. The lowest BCUT2D eigenvalue weighted by Gasteiger charge is -2.23. The Balaban J connectivity index is 1.69. The molecular formula is C22H19ClN2O4S. The van der Waals surface area contributed by atoms with E-state index in [0.717, 1.165) is 5.56 Å². The molecule has 1 aliphatic rings. The van der Waals surface area contributed by atoms with E-state index in [-0.39, 0.29) is 4.90 Å². The second kappa shape index (κ2) is 8.08. The maximum Gasteiger partial charge on any atom is 0.261 e. The molecule has 0 spiro atoms. The van der Waals surface area contributed by atoms with Gasteiger partial charge in [-0.1, -0.05) is 41.9 Å². The molecule has 1 aliphatic heterocycles. The molecule has 2 aromatic carbocycles. The monoisotopic (exact) mass is 442 g/mol. The molecule has 0 fully saturated rings. The van der Waals surface area contributed by atoms with E-state index in [4.69, 9.17) is 16.0 Å². The van der Waals surface area contributed by atoms with Crippen LogP contribution in [0.25, 0.3) is 0 Å². The molecule has 1 aromatic heterocycles. The molecule has 8 heteroatoms. The normalized spacial score (nSPS) is 17.6. The highest BCUT2D eigenvalue weighted by Gasteiger charge is 2.41. The third-order valence-corrected chi connectivity index (χ3v) is 7.38. The Labute approximate surface area is 179 Å². The molecule has 2 unspecified atom stereocenters. The molecule has 2 heterocycles. The molecule has 0 bridgehead atoms. The van der Waals surface area contributed by atoms with Gasteiger partial charge in [-0.2, -0.15) is 5.10 Å². The van der Waals surface area contributed by atoms with Crippen LogP contribution < -0.4 is 0 Å². The fourth-order valence-electron chi connectivity index (χ4n) is 3.37. The molecule has 2 atom stereocenters. The lowest BCUT2D eigenvalue weighted by Crippen LogP contribution is -2.39. The van der Waals surface area contributed by atoms with E-state index in [1.54, 1.807) is 42.5 Å². The smallest absolute Gasteiger partial charge is 0.261 e. The lowest BCUT2D eigenvalue weighted by molar-refractivity contribution is -0.132. The van der Waals surface area contributed by atoms with Crippen LogP contribution in [-0.4, -0.2) is 30.3 Å². The summed E-state index contributed by atoms with van der Waals surface area (Å²) in [7, 11) is -3.86. The molecule has 4 rings (SSSR count). The maximum atomic E-state index is 13.3. The number of hydrazone groups is 1. The third kappa shape index (κ3) is 3.78. The second-order valence-corrected chi connectivity index (χ2v) is 9.68. The number of rotatable bonds is 5. The number of sulfone groups is 1. The summed E-state index contributed by atoms with van der Waals surface area (Å²) in [5.74, 6) is -0.0652. The van der Waals surface area contributed by atoms with Crippen molar-refractivity contribution < 1.29 is 17.6 Å². The highest BCUT2D eigenvalue weighted by Crippen LogP contribution is 2.34. The summed E-state index contributed by atoms with van der Waals surface area (Å²) in [6.07, 6.45) is 1.92. The van der Waals surface area contributed by atoms with E-state index in [1.807, 2.05) is 12.1 Å². The van der Waals surface area contributed by atoms with Gasteiger partial charge in [0.05, 0.1) is 16.9 Å². The van der Waals surface area contributed by atoms with Crippen LogP contribution in [-0.2, 0) is 14.6 Å². The van der Waals surface area contributed by atoms with Crippen molar-refractivity contribution in [3.8, 4) is 0 Å². The molecule has 0 saturated heterocycles. The van der Waals surface area contributed by atoms with Crippen LogP contribution in [0.1, 0.15) is 30.7 Å². The van der Waals surface area contributed by atoms with Gasteiger partial charge in [-0.3, -0.25) is 4.79 Å². The van der Waals surface area contributed by atoms with Crippen LogP contribution in [0.15, 0.2) is 87.4 Å². The number of nitrogens with zero attached hydrogens (tertiary/aromatic N) is 2. The molecule has 154 valence electrons. The predicted molar refractivity (Wildman–Crippen MR) is 114 cm³/mol. The van der Waals surface area contributed by atoms with Gasteiger partial charge in [0.25, 0.3) is 5.91 Å². The molecule has 30 heavy (non-hydrogen) atoms. The number of hydrogen-bond donors (Lipinski definition) is 0. The Bertz CT molecular complexity index is 1170. The Kier molecular flexibility index (Phi) is 5.49. The van der Waals surface area contributed by atoms with E-state index in [9.17, 15) is 13.2 Å². The van der Waals surface area contributed by atoms with Crippen LogP contribution in [0.4, 0.5) is 0 Å². The molecule has 0 radical (unpaired) electrons. The summed E-state index contributed by atoms with van der Waals surface area (Å²) in [5, 5.41) is 5.01. The van der Waals surface area contributed by atoms with Gasteiger partial charge in [0.15, 0.2) is 9.84 Å². The zero-order valence-electron chi connectivity index (χ0n) is 16.1. The number of halogens is 1. The van der Waals surface area contributed by atoms with Gasteiger partial charge < -0.3 is 4.42 Å². The Hall–Kier alpha value is -2.90. The quantitative estimate of drug-likeness (QED) is 0.583. The largest absolute Gasteiger partial charge is 0.467 e. The van der Waals surface area contributed by atoms with Crippen molar-refractivity contribution in [1.82, 2.24) is 5.01 Å². The highest BCUT2D eigenvalue weighted by atomic mass is 35.5. The number of hydrogen-bond acceptors (Lipinski definition) is 5. The van der Waals surface area contributed by atoms with Crippen LogP contribution in [0.3, 0.4) is 0 Å². The topological polar surface area (TPSA) is 80.0 Å². The van der Waals surface area contributed by atoms with Gasteiger partial charge in [0.1, 0.15) is 17.1 Å². The number of benzene rings is 2. The molecule has 0 aliphatic carbocycles. The van der Waals surface area contributed by atoms with Crippen molar-refractivity contribution in [3.63, 3.8) is 0 Å². The molecule has 6 nitrogen and oxygen atoms in total. The Morgan fingerprint density at radius 2 is 1.80 bits per heavy atom. The summed E-state index contributed by atoms with van der Waals surface area (Å²) in [6.45, 7) is 1.39. The van der Waals surface area contributed by atoms with Crippen molar-refractivity contribution >= 4 is 33.1 Å². The van der Waals surface area contributed by atoms with Crippen LogP contribution in [0.2, 0.25) is 5.02 Å². The first kappa shape index (κ1) is 20.4. The Morgan fingerprint density at radius 3 is 2.43 bits per heavy atom. The van der Waals surface area contributed by atoms with Gasteiger partial charge in [-0.05, 0) is 48.9 Å². The van der Waals surface area contributed by atoms with Crippen LogP contribution >= 0.6 is 11.6 Å². The minimum atomic E-state index is -3.86. The SMILES string of the molecule is CC(C(=O)N1N=C(c2ccc(Cl)cc2)CC1c1ccco1)S(=O)(=O)c1ccccc1. The zero-order valence-corrected chi connectivity index (χ0v) is 17.7. The van der Waals surface area contributed by atoms with Crippen molar-refractivity contribution in [1.29, 1.82) is 0 Å². The van der Waals surface area contributed by atoms with Gasteiger partial charge >= 0.3 is 0 Å². The molecule has 3 aromatic rings. The van der Waals surface area contributed by atoms with Gasteiger partial charge in [-0.25, -0.2) is 13.4 Å². The summed E-state index contributed by atoms with van der Waals surface area (Å²) < 4.78 is 31.5. The van der Waals surface area contributed by atoms with E-state index in [0.29, 0.717) is 22.9 Å². The van der Waals surface area contributed by atoms with Gasteiger partial charge in [-0.15, -0.1) is 0 Å². The molecule has 0 saturated carbocycles. The van der Waals surface area contributed by atoms with Gasteiger partial charge in [0.2, 0.25) is 0 Å². The molecular weight excluding hydrogens is 424 g/mol. The van der Waals surface area contributed by atoms with Crippen LogP contribution in [0, 0.1) is 0 Å². The number of furan rings is 1. The van der Waals surface area contributed by atoms with Crippen molar-refractivity contribution in [2.75, 3.05) is 0 Å². The average molecular weight is 443 g/mol. The highest BCUT2D eigenvalue weighted by molar-refractivity contribution is 7.92. The van der Waals surface area contributed by atoms with E-state index in [1.165, 1.54) is 30.3 Å². The fourth-order valence-corrected chi connectivity index (χ4v) is 4.81. The van der Waals surface area contributed by atoms with Crippen LogP contribution in [0.5, 0.6) is 0 Å². The van der Waals surface area contributed by atoms with Gasteiger partial charge in [0, 0.05) is 11.4 Å².